The third kappa shape index (κ3) is 3.35. The maximum absolute atomic E-state index is 12.2. The second-order valence-electron chi connectivity index (χ2n) is 5.25. The molecule has 1 aliphatic rings. The molecule has 2 rings (SSSR count). The Balaban J connectivity index is 2.15. The normalized spacial score (nSPS) is 24.3. The van der Waals surface area contributed by atoms with Gasteiger partial charge >= 0.3 is 0 Å². The highest BCUT2D eigenvalue weighted by atomic mass is 32.2. The molecule has 1 aromatic heterocycles. The van der Waals surface area contributed by atoms with E-state index in [9.17, 15) is 8.42 Å². The summed E-state index contributed by atoms with van der Waals surface area (Å²) >= 11 is 1.68. The number of thiazole rings is 1. The van der Waals surface area contributed by atoms with Crippen LogP contribution in [-0.4, -0.2) is 37.5 Å². The predicted molar refractivity (Wildman–Crippen MR) is 79.6 cm³/mol. The van der Waals surface area contributed by atoms with Crippen molar-refractivity contribution in [1.82, 2.24) is 10.3 Å². The number of rotatable bonds is 4. The fourth-order valence-electron chi connectivity index (χ4n) is 2.67. The molecule has 1 saturated heterocycles. The lowest BCUT2D eigenvalue weighted by molar-refractivity contribution is 0.456. The van der Waals surface area contributed by atoms with Crippen molar-refractivity contribution in [3.63, 3.8) is 0 Å². The average molecular weight is 302 g/mol. The van der Waals surface area contributed by atoms with E-state index in [1.165, 1.54) is 4.88 Å². The van der Waals surface area contributed by atoms with E-state index in [1.807, 2.05) is 14.0 Å². The van der Waals surface area contributed by atoms with Crippen LogP contribution in [0.15, 0.2) is 0 Å². The van der Waals surface area contributed by atoms with Crippen molar-refractivity contribution in [3.8, 4) is 0 Å². The molecule has 19 heavy (non-hydrogen) atoms. The molecule has 0 saturated carbocycles. The largest absolute Gasteiger partial charge is 0.315 e. The van der Waals surface area contributed by atoms with Gasteiger partial charge in [-0.15, -0.1) is 11.3 Å². The first-order valence-corrected chi connectivity index (χ1v) is 9.29. The summed E-state index contributed by atoms with van der Waals surface area (Å²) in [5.74, 6) is 0.339. The number of aromatic nitrogens is 1. The number of hydrogen-bond acceptors (Lipinski definition) is 5. The first-order chi connectivity index (χ1) is 8.94. The van der Waals surface area contributed by atoms with Gasteiger partial charge in [0.1, 0.15) is 0 Å². The smallest absolute Gasteiger partial charge is 0.154 e. The maximum Gasteiger partial charge on any atom is 0.154 e. The Labute approximate surface area is 119 Å². The zero-order chi connectivity index (χ0) is 14.0. The van der Waals surface area contributed by atoms with Crippen LogP contribution in [0.1, 0.15) is 34.8 Å². The summed E-state index contributed by atoms with van der Waals surface area (Å²) in [6.45, 7) is 4.06. The second-order valence-corrected chi connectivity index (χ2v) is 8.88. The molecule has 4 nitrogen and oxygen atoms in total. The van der Waals surface area contributed by atoms with Gasteiger partial charge in [-0.25, -0.2) is 13.4 Å². The summed E-state index contributed by atoms with van der Waals surface area (Å²) in [6, 6.07) is -0.0183. The van der Waals surface area contributed by atoms with Crippen molar-refractivity contribution >= 4 is 21.2 Å². The number of hydrogen-bond donors (Lipinski definition) is 1. The van der Waals surface area contributed by atoms with Gasteiger partial charge in [0.2, 0.25) is 0 Å². The summed E-state index contributed by atoms with van der Waals surface area (Å²) in [5.41, 5.74) is 1.06. The zero-order valence-corrected chi connectivity index (χ0v) is 13.4. The lowest BCUT2D eigenvalue weighted by atomic mass is 10.0. The lowest BCUT2D eigenvalue weighted by Gasteiger charge is -2.29. The first kappa shape index (κ1) is 14.9. The van der Waals surface area contributed by atoms with Crippen molar-refractivity contribution in [2.24, 2.45) is 0 Å². The molecule has 108 valence electrons. The van der Waals surface area contributed by atoms with Crippen LogP contribution in [-0.2, 0) is 16.3 Å². The average Bonchev–Trinajstić information content (AvgIpc) is 2.65. The third-order valence-electron chi connectivity index (χ3n) is 3.92. The molecule has 1 fully saturated rings. The molecule has 0 bridgehead atoms. The fraction of sp³-hybridized carbons (Fsp3) is 0.769. The Morgan fingerprint density at radius 3 is 2.68 bits per heavy atom. The van der Waals surface area contributed by atoms with Crippen LogP contribution in [0, 0.1) is 13.8 Å². The number of aryl methyl sites for hydroxylation is 2. The van der Waals surface area contributed by atoms with Crippen LogP contribution in [0.4, 0.5) is 0 Å². The van der Waals surface area contributed by atoms with Crippen LogP contribution >= 0.6 is 11.3 Å². The van der Waals surface area contributed by atoms with Crippen molar-refractivity contribution in [2.75, 3.05) is 12.8 Å². The summed E-state index contributed by atoms with van der Waals surface area (Å²) in [4.78, 5) is 5.74. The topological polar surface area (TPSA) is 59.1 Å². The Kier molecular flexibility index (Phi) is 4.63. The number of nitrogens with zero attached hydrogens (tertiary/aromatic N) is 1. The van der Waals surface area contributed by atoms with Gasteiger partial charge in [0.05, 0.1) is 21.7 Å². The van der Waals surface area contributed by atoms with Crippen LogP contribution in [0.25, 0.3) is 0 Å². The van der Waals surface area contributed by atoms with Crippen molar-refractivity contribution < 1.29 is 8.42 Å². The molecular formula is C13H22N2O2S2. The Bertz CT molecular complexity index is 517. The zero-order valence-electron chi connectivity index (χ0n) is 11.8. The minimum Gasteiger partial charge on any atom is -0.315 e. The van der Waals surface area contributed by atoms with E-state index in [0.717, 1.165) is 30.0 Å². The molecule has 0 spiro atoms. The van der Waals surface area contributed by atoms with E-state index >= 15 is 0 Å². The third-order valence-corrected chi connectivity index (χ3v) is 7.36. The summed E-state index contributed by atoms with van der Waals surface area (Å²) in [6.07, 6.45) is 3.31. The molecule has 1 N–H and O–H groups in total. The van der Waals surface area contributed by atoms with E-state index in [0.29, 0.717) is 12.2 Å². The van der Waals surface area contributed by atoms with Crippen LogP contribution in [0.3, 0.4) is 0 Å². The Morgan fingerprint density at radius 2 is 2.16 bits per heavy atom. The van der Waals surface area contributed by atoms with Crippen LogP contribution in [0.2, 0.25) is 0 Å². The van der Waals surface area contributed by atoms with Gasteiger partial charge in [0.15, 0.2) is 9.84 Å². The molecule has 1 aliphatic heterocycles. The fourth-order valence-corrected chi connectivity index (χ4v) is 5.83. The van der Waals surface area contributed by atoms with Crippen molar-refractivity contribution in [2.45, 2.75) is 50.8 Å². The molecule has 0 radical (unpaired) electrons. The molecule has 1 aromatic rings. The van der Waals surface area contributed by atoms with E-state index in [4.69, 9.17) is 0 Å². The van der Waals surface area contributed by atoms with E-state index in [-0.39, 0.29) is 11.3 Å². The van der Waals surface area contributed by atoms with Crippen LogP contribution in [0.5, 0.6) is 0 Å². The van der Waals surface area contributed by atoms with E-state index < -0.39 is 9.84 Å². The second kappa shape index (κ2) is 5.89. The Hall–Kier alpha value is -0.460. The molecule has 2 heterocycles. The van der Waals surface area contributed by atoms with Gasteiger partial charge in [0, 0.05) is 17.3 Å². The highest BCUT2D eigenvalue weighted by Crippen LogP contribution is 2.26. The molecule has 0 aliphatic carbocycles. The number of nitrogens with one attached hydrogen (secondary N) is 1. The molecule has 0 amide bonds. The van der Waals surface area contributed by atoms with Crippen molar-refractivity contribution in [1.29, 1.82) is 0 Å². The molecule has 2 unspecified atom stereocenters. The first-order valence-electron chi connectivity index (χ1n) is 6.76. The maximum atomic E-state index is 12.2. The van der Waals surface area contributed by atoms with E-state index in [2.05, 4.69) is 17.2 Å². The van der Waals surface area contributed by atoms with Crippen molar-refractivity contribution in [3.05, 3.63) is 15.6 Å². The number of sulfone groups is 1. The molecule has 6 heteroatoms. The molecular weight excluding hydrogens is 280 g/mol. The standard InChI is InChI=1S/C13H22N2O2S2/c1-9-10(2)18-13(15-9)8-11(14-3)12-6-4-5-7-19(12,16)17/h11-12,14H,4-8H2,1-3H3. The van der Waals surface area contributed by atoms with Gasteiger partial charge in [-0.05, 0) is 33.7 Å². The van der Waals surface area contributed by atoms with Crippen LogP contribution < -0.4 is 5.32 Å². The minimum atomic E-state index is -2.94. The van der Waals surface area contributed by atoms with E-state index in [1.54, 1.807) is 11.3 Å². The Morgan fingerprint density at radius 1 is 1.42 bits per heavy atom. The highest BCUT2D eigenvalue weighted by Gasteiger charge is 2.35. The SMILES string of the molecule is CNC(Cc1nc(C)c(C)s1)C1CCCCS1(=O)=O. The summed E-state index contributed by atoms with van der Waals surface area (Å²) in [5, 5.41) is 3.98. The summed E-state index contributed by atoms with van der Waals surface area (Å²) < 4.78 is 24.4. The highest BCUT2D eigenvalue weighted by molar-refractivity contribution is 7.92. The summed E-state index contributed by atoms with van der Waals surface area (Å²) in [7, 11) is -1.09. The molecule has 2 atom stereocenters. The van der Waals surface area contributed by atoms with Gasteiger partial charge in [0.25, 0.3) is 0 Å². The molecule has 0 aromatic carbocycles. The van der Waals surface area contributed by atoms with Gasteiger partial charge in [-0.3, -0.25) is 0 Å². The quantitative estimate of drug-likeness (QED) is 0.922. The van der Waals surface area contributed by atoms with Gasteiger partial charge in [-0.2, -0.15) is 0 Å². The predicted octanol–water partition coefficient (Wildman–Crippen LogP) is 1.86. The van der Waals surface area contributed by atoms with Gasteiger partial charge < -0.3 is 5.32 Å². The lowest BCUT2D eigenvalue weighted by Crippen LogP contribution is -2.46. The monoisotopic (exact) mass is 302 g/mol. The van der Waals surface area contributed by atoms with Gasteiger partial charge in [-0.1, -0.05) is 6.42 Å². The number of likely N-dealkylation sites (N-methyl/N-ethyl adjacent to an activating group) is 1. The minimum absolute atomic E-state index is 0.0183.